The molecule has 2 aliphatic rings. The van der Waals surface area contributed by atoms with E-state index >= 15 is 0 Å². The van der Waals surface area contributed by atoms with Gasteiger partial charge < -0.3 is 10.1 Å². The van der Waals surface area contributed by atoms with Gasteiger partial charge in [-0.25, -0.2) is 0 Å². The number of nitrogens with one attached hydrogen (secondary N) is 1. The SMILES string of the molecule is COc1cccc2c1N[C@@H](c1ccc(Cl)cc1Cl)[C@H]1CC=C[C@@H]21. The maximum Gasteiger partial charge on any atom is 0.142 e. The van der Waals surface area contributed by atoms with Crippen molar-refractivity contribution in [3.63, 3.8) is 0 Å². The van der Waals surface area contributed by atoms with Crippen molar-refractivity contribution >= 4 is 28.9 Å². The van der Waals surface area contributed by atoms with Crippen molar-refractivity contribution in [3.05, 3.63) is 69.7 Å². The predicted molar refractivity (Wildman–Crippen MR) is 95.8 cm³/mol. The number of halogens is 2. The van der Waals surface area contributed by atoms with Crippen LogP contribution in [-0.2, 0) is 0 Å². The second kappa shape index (κ2) is 5.77. The minimum atomic E-state index is 0.142. The van der Waals surface area contributed by atoms with Crippen LogP contribution in [0.25, 0.3) is 0 Å². The number of anilines is 1. The molecule has 0 amide bonds. The summed E-state index contributed by atoms with van der Waals surface area (Å²) in [6, 6.07) is 12.1. The second-order valence-electron chi connectivity index (χ2n) is 6.07. The molecule has 1 N–H and O–H groups in total. The van der Waals surface area contributed by atoms with Gasteiger partial charge in [-0.3, -0.25) is 0 Å². The van der Waals surface area contributed by atoms with Gasteiger partial charge in [0.25, 0.3) is 0 Å². The second-order valence-corrected chi connectivity index (χ2v) is 6.91. The number of ether oxygens (including phenoxy) is 1. The van der Waals surface area contributed by atoms with E-state index in [1.807, 2.05) is 24.3 Å². The fourth-order valence-electron chi connectivity index (χ4n) is 3.82. The van der Waals surface area contributed by atoms with E-state index in [4.69, 9.17) is 27.9 Å². The predicted octanol–water partition coefficient (Wildman–Crippen LogP) is 5.83. The molecule has 4 rings (SSSR count). The molecule has 1 aliphatic carbocycles. The average molecular weight is 346 g/mol. The summed E-state index contributed by atoms with van der Waals surface area (Å²) in [5, 5.41) is 5.04. The number of rotatable bonds is 2. The van der Waals surface area contributed by atoms with Gasteiger partial charge in [-0.15, -0.1) is 0 Å². The third-order valence-corrected chi connectivity index (χ3v) is 5.44. The highest BCUT2D eigenvalue weighted by Gasteiger charge is 2.39. The first-order valence-electron chi connectivity index (χ1n) is 7.74. The number of para-hydroxylation sites is 1. The Balaban J connectivity index is 1.83. The standard InChI is InChI=1S/C19H17Cl2NO/c1-23-17-7-3-6-14-12-4-2-5-13(12)18(22-19(14)17)15-9-8-11(20)10-16(15)21/h2-4,6-10,12-13,18,22H,5H2,1H3/t12-,13+,18-/m1/s1. The van der Waals surface area contributed by atoms with Gasteiger partial charge in [-0.1, -0.05) is 53.6 Å². The summed E-state index contributed by atoms with van der Waals surface area (Å²) in [4.78, 5) is 0. The lowest BCUT2D eigenvalue weighted by Gasteiger charge is -2.38. The van der Waals surface area contributed by atoms with Crippen LogP contribution >= 0.6 is 23.2 Å². The largest absolute Gasteiger partial charge is 0.495 e. The topological polar surface area (TPSA) is 21.3 Å². The van der Waals surface area contributed by atoms with Gasteiger partial charge >= 0.3 is 0 Å². The number of benzene rings is 2. The molecule has 3 atom stereocenters. The summed E-state index contributed by atoms with van der Waals surface area (Å²) < 4.78 is 5.55. The molecule has 0 fully saturated rings. The molecule has 0 spiro atoms. The highest BCUT2D eigenvalue weighted by molar-refractivity contribution is 6.35. The highest BCUT2D eigenvalue weighted by Crippen LogP contribution is 2.52. The lowest BCUT2D eigenvalue weighted by Crippen LogP contribution is -2.29. The van der Waals surface area contributed by atoms with Crippen LogP contribution in [0.4, 0.5) is 5.69 Å². The molecule has 1 aliphatic heterocycles. The number of hydrogen-bond donors (Lipinski definition) is 1. The van der Waals surface area contributed by atoms with Crippen molar-refractivity contribution in [1.82, 2.24) is 0 Å². The van der Waals surface area contributed by atoms with Crippen molar-refractivity contribution < 1.29 is 4.74 Å². The first-order valence-corrected chi connectivity index (χ1v) is 8.49. The molecule has 23 heavy (non-hydrogen) atoms. The van der Waals surface area contributed by atoms with E-state index in [9.17, 15) is 0 Å². The van der Waals surface area contributed by atoms with E-state index in [0.29, 0.717) is 21.9 Å². The molecule has 4 heteroatoms. The molecular weight excluding hydrogens is 329 g/mol. The van der Waals surface area contributed by atoms with E-state index in [0.717, 1.165) is 23.4 Å². The Bertz CT molecular complexity index is 787. The summed E-state index contributed by atoms with van der Waals surface area (Å²) in [5.74, 6) is 1.71. The van der Waals surface area contributed by atoms with Crippen molar-refractivity contribution in [2.24, 2.45) is 5.92 Å². The number of methoxy groups -OCH3 is 1. The van der Waals surface area contributed by atoms with Gasteiger partial charge in [0.05, 0.1) is 18.8 Å². The fourth-order valence-corrected chi connectivity index (χ4v) is 4.35. The number of fused-ring (bicyclic) bond motifs is 3. The minimum Gasteiger partial charge on any atom is -0.495 e. The third kappa shape index (κ3) is 2.41. The molecule has 0 radical (unpaired) electrons. The molecule has 2 aromatic rings. The van der Waals surface area contributed by atoms with Crippen LogP contribution in [0.2, 0.25) is 10.0 Å². The van der Waals surface area contributed by atoms with Gasteiger partial charge in [0.1, 0.15) is 5.75 Å². The summed E-state index contributed by atoms with van der Waals surface area (Å²) in [7, 11) is 1.71. The van der Waals surface area contributed by atoms with Crippen LogP contribution in [0.15, 0.2) is 48.6 Å². The zero-order valence-corrected chi connectivity index (χ0v) is 14.2. The molecule has 0 unspecified atom stereocenters. The van der Waals surface area contributed by atoms with Crippen molar-refractivity contribution in [1.29, 1.82) is 0 Å². The van der Waals surface area contributed by atoms with Crippen LogP contribution in [0.3, 0.4) is 0 Å². The molecule has 0 saturated carbocycles. The fraction of sp³-hybridized carbons (Fsp3) is 0.263. The molecule has 1 heterocycles. The van der Waals surface area contributed by atoms with Crippen LogP contribution < -0.4 is 10.1 Å². The van der Waals surface area contributed by atoms with Crippen LogP contribution in [0.5, 0.6) is 5.75 Å². The normalized spacial score (nSPS) is 24.7. The molecule has 0 saturated heterocycles. The van der Waals surface area contributed by atoms with E-state index in [2.05, 4.69) is 29.6 Å². The maximum atomic E-state index is 6.48. The zero-order chi connectivity index (χ0) is 16.0. The summed E-state index contributed by atoms with van der Waals surface area (Å²) in [6.45, 7) is 0. The van der Waals surface area contributed by atoms with Gasteiger partial charge in [0, 0.05) is 16.0 Å². The molecule has 118 valence electrons. The van der Waals surface area contributed by atoms with Gasteiger partial charge in [0.15, 0.2) is 0 Å². The molecule has 2 nitrogen and oxygen atoms in total. The first kappa shape index (κ1) is 14.9. The lowest BCUT2D eigenvalue weighted by atomic mass is 9.77. The highest BCUT2D eigenvalue weighted by atomic mass is 35.5. The Kier molecular flexibility index (Phi) is 3.74. The van der Waals surface area contributed by atoms with Gasteiger partial charge in [-0.2, -0.15) is 0 Å². The van der Waals surface area contributed by atoms with E-state index in [1.165, 1.54) is 5.56 Å². The zero-order valence-electron chi connectivity index (χ0n) is 12.7. The lowest BCUT2D eigenvalue weighted by molar-refractivity contribution is 0.397. The Morgan fingerprint density at radius 1 is 1.13 bits per heavy atom. The molecule has 2 aromatic carbocycles. The molecule has 0 bridgehead atoms. The van der Waals surface area contributed by atoms with E-state index in [-0.39, 0.29) is 6.04 Å². The quantitative estimate of drug-likeness (QED) is 0.691. The van der Waals surface area contributed by atoms with Crippen LogP contribution in [-0.4, -0.2) is 7.11 Å². The van der Waals surface area contributed by atoms with Crippen molar-refractivity contribution in [3.8, 4) is 5.75 Å². The van der Waals surface area contributed by atoms with Gasteiger partial charge in [0.2, 0.25) is 0 Å². The monoisotopic (exact) mass is 345 g/mol. The number of hydrogen-bond acceptors (Lipinski definition) is 2. The van der Waals surface area contributed by atoms with E-state index < -0.39 is 0 Å². The molecule has 0 aromatic heterocycles. The van der Waals surface area contributed by atoms with Gasteiger partial charge in [-0.05, 0) is 41.7 Å². The van der Waals surface area contributed by atoms with E-state index in [1.54, 1.807) is 7.11 Å². The minimum absolute atomic E-state index is 0.142. The Morgan fingerprint density at radius 2 is 2.00 bits per heavy atom. The summed E-state index contributed by atoms with van der Waals surface area (Å²) >= 11 is 12.5. The first-order chi connectivity index (χ1) is 11.2. The third-order valence-electron chi connectivity index (χ3n) is 4.88. The summed E-state index contributed by atoms with van der Waals surface area (Å²) in [5.41, 5.74) is 3.45. The molecular formula is C19H17Cl2NO. The average Bonchev–Trinajstić information content (AvgIpc) is 3.04. The smallest absolute Gasteiger partial charge is 0.142 e. The Hall–Kier alpha value is -1.64. The van der Waals surface area contributed by atoms with Crippen LogP contribution in [0.1, 0.15) is 29.5 Å². The van der Waals surface area contributed by atoms with Crippen LogP contribution in [0, 0.1) is 5.92 Å². The Labute approximate surface area is 146 Å². The Morgan fingerprint density at radius 3 is 2.78 bits per heavy atom. The summed E-state index contributed by atoms with van der Waals surface area (Å²) in [6.07, 6.45) is 5.61. The van der Waals surface area contributed by atoms with Crippen molar-refractivity contribution in [2.75, 3.05) is 12.4 Å². The number of allylic oxidation sites excluding steroid dienone is 2. The maximum absolute atomic E-state index is 6.48. The van der Waals surface area contributed by atoms with Crippen molar-refractivity contribution in [2.45, 2.75) is 18.4 Å².